The molecule has 2 aliphatic heterocycles. The minimum Gasteiger partial charge on any atom is -0.497 e. The molecular weight excluding hydrogens is 442 g/mol. The highest BCUT2D eigenvalue weighted by Crippen LogP contribution is 2.31. The van der Waals surface area contributed by atoms with Gasteiger partial charge in [0.05, 0.1) is 12.0 Å². The molecule has 10 heteroatoms. The molecule has 1 fully saturated rings. The molecule has 2 aromatic rings. The van der Waals surface area contributed by atoms with E-state index in [1.54, 1.807) is 37.5 Å². The van der Waals surface area contributed by atoms with Crippen LogP contribution in [0.3, 0.4) is 0 Å². The summed E-state index contributed by atoms with van der Waals surface area (Å²) in [7, 11) is -2.19. The first kappa shape index (κ1) is 20.3. The zero-order chi connectivity index (χ0) is 21.3. The van der Waals surface area contributed by atoms with Crippen LogP contribution >= 0.6 is 24.0 Å². The van der Waals surface area contributed by atoms with E-state index in [0.29, 0.717) is 10.5 Å². The summed E-state index contributed by atoms with van der Waals surface area (Å²) < 4.78 is 33.5. The van der Waals surface area contributed by atoms with E-state index in [2.05, 4.69) is 9.82 Å². The Balaban J connectivity index is 1.51. The summed E-state index contributed by atoms with van der Waals surface area (Å²) in [5, 5.41) is 1.13. The van der Waals surface area contributed by atoms with E-state index in [9.17, 15) is 13.2 Å². The number of hydrogen-bond donors (Lipinski definition) is 1. The Kier molecular flexibility index (Phi) is 5.46. The second-order valence-corrected chi connectivity index (χ2v) is 9.44. The molecule has 1 amide bonds. The fraction of sp³-hybridized carbons (Fsp3) is 0.0500. The number of benzene rings is 2. The second-order valence-electron chi connectivity index (χ2n) is 6.19. The molecule has 152 valence electrons. The number of nitrogens with zero attached hydrogens (tertiary/aromatic N) is 2. The van der Waals surface area contributed by atoms with E-state index in [-0.39, 0.29) is 21.0 Å². The number of amides is 1. The Bertz CT molecular complexity index is 1230. The van der Waals surface area contributed by atoms with Gasteiger partial charge in [-0.05, 0) is 48.1 Å². The predicted molar refractivity (Wildman–Crippen MR) is 120 cm³/mol. The van der Waals surface area contributed by atoms with Crippen LogP contribution < -0.4 is 10.2 Å². The first-order valence-electron chi connectivity index (χ1n) is 8.69. The average Bonchev–Trinajstić information content (AvgIpc) is 3.16. The lowest BCUT2D eigenvalue weighted by molar-refractivity contribution is -0.123. The van der Waals surface area contributed by atoms with Crippen LogP contribution in [-0.2, 0) is 14.8 Å². The number of thiocarbonyl (C=S) groups is 1. The summed E-state index contributed by atoms with van der Waals surface area (Å²) in [5.41, 5.74) is 4.10. The Labute approximate surface area is 183 Å². The summed E-state index contributed by atoms with van der Waals surface area (Å²) in [6.07, 6.45) is 5.26. The van der Waals surface area contributed by atoms with Gasteiger partial charge in [-0.2, -0.15) is 13.4 Å². The van der Waals surface area contributed by atoms with Gasteiger partial charge in [0, 0.05) is 5.56 Å². The van der Waals surface area contributed by atoms with Crippen LogP contribution in [0.4, 0.5) is 0 Å². The fourth-order valence-corrected chi connectivity index (χ4v) is 5.13. The van der Waals surface area contributed by atoms with Crippen LogP contribution in [0.2, 0.25) is 0 Å². The molecule has 1 saturated heterocycles. The molecule has 0 bridgehead atoms. The van der Waals surface area contributed by atoms with Crippen molar-refractivity contribution < 1.29 is 17.9 Å². The maximum Gasteiger partial charge on any atom is 0.285 e. The van der Waals surface area contributed by atoms with E-state index in [4.69, 9.17) is 17.0 Å². The topological polar surface area (TPSA) is 88.1 Å². The normalized spacial score (nSPS) is 18.8. The third-order valence-electron chi connectivity index (χ3n) is 4.30. The number of hydrazine groups is 1. The van der Waals surface area contributed by atoms with Crippen molar-refractivity contribution in [2.45, 2.75) is 4.90 Å². The lowest BCUT2D eigenvalue weighted by Crippen LogP contribution is -2.44. The van der Waals surface area contributed by atoms with Gasteiger partial charge in [0.25, 0.3) is 15.9 Å². The van der Waals surface area contributed by atoms with Crippen LogP contribution in [0.25, 0.3) is 6.08 Å². The van der Waals surface area contributed by atoms with E-state index in [0.717, 1.165) is 28.1 Å². The van der Waals surface area contributed by atoms with E-state index in [1.165, 1.54) is 6.07 Å². The van der Waals surface area contributed by atoms with Crippen molar-refractivity contribution in [3.63, 3.8) is 0 Å². The Morgan fingerprint density at radius 2 is 1.90 bits per heavy atom. The number of thioether (sulfide) groups is 1. The van der Waals surface area contributed by atoms with Gasteiger partial charge < -0.3 is 4.74 Å². The average molecular weight is 458 g/mol. The van der Waals surface area contributed by atoms with Crippen LogP contribution in [-0.4, -0.2) is 36.6 Å². The zero-order valence-corrected chi connectivity index (χ0v) is 18.1. The third-order valence-corrected chi connectivity index (χ3v) is 6.95. The summed E-state index contributed by atoms with van der Waals surface area (Å²) >= 11 is 6.40. The van der Waals surface area contributed by atoms with Crippen molar-refractivity contribution in [2.24, 2.45) is 4.40 Å². The van der Waals surface area contributed by atoms with Gasteiger partial charge in [0.2, 0.25) is 0 Å². The highest BCUT2D eigenvalue weighted by Gasteiger charge is 2.36. The minimum atomic E-state index is -3.79. The van der Waals surface area contributed by atoms with E-state index in [1.807, 2.05) is 30.3 Å². The molecule has 2 aliphatic rings. The molecule has 0 aromatic heterocycles. The lowest BCUT2D eigenvalue weighted by Gasteiger charge is -2.16. The highest BCUT2D eigenvalue weighted by atomic mass is 32.2. The molecular formula is C20H15N3O4S3. The number of allylic oxidation sites excluding steroid dienone is 2. The maximum atomic E-state index is 12.7. The Morgan fingerprint density at radius 3 is 2.63 bits per heavy atom. The van der Waals surface area contributed by atoms with Crippen molar-refractivity contribution >= 4 is 56.1 Å². The molecule has 2 heterocycles. The van der Waals surface area contributed by atoms with Crippen molar-refractivity contribution in [1.82, 2.24) is 10.4 Å². The number of fused-ring (bicyclic) bond motifs is 1. The smallest absolute Gasteiger partial charge is 0.285 e. The molecule has 0 spiro atoms. The van der Waals surface area contributed by atoms with E-state index >= 15 is 0 Å². The summed E-state index contributed by atoms with van der Waals surface area (Å²) in [5.74, 6) is 0.447. The van der Waals surface area contributed by atoms with Gasteiger partial charge in [-0.15, -0.1) is 4.40 Å². The molecule has 4 rings (SSSR count). The van der Waals surface area contributed by atoms with Crippen molar-refractivity contribution in [2.75, 3.05) is 7.11 Å². The minimum absolute atomic E-state index is 0.0666. The molecule has 0 aliphatic carbocycles. The number of sulfonamides is 1. The third kappa shape index (κ3) is 3.89. The molecule has 0 saturated carbocycles. The van der Waals surface area contributed by atoms with Gasteiger partial charge >= 0.3 is 0 Å². The SMILES string of the molecule is COc1ccc(/C=C/C=C2\SC(=S)N(NC3=NS(=O)(=O)c4ccccc43)C2=O)cc1. The van der Waals surface area contributed by atoms with Crippen molar-refractivity contribution in [3.8, 4) is 5.75 Å². The van der Waals surface area contributed by atoms with Gasteiger partial charge in [-0.3, -0.25) is 10.2 Å². The molecule has 7 nitrogen and oxygen atoms in total. The number of rotatable bonds is 4. The first-order chi connectivity index (χ1) is 14.4. The number of nitrogens with one attached hydrogen (secondary N) is 1. The molecule has 1 N–H and O–H groups in total. The second kappa shape index (κ2) is 8.05. The zero-order valence-electron chi connectivity index (χ0n) is 15.6. The van der Waals surface area contributed by atoms with Gasteiger partial charge in [-0.25, -0.2) is 0 Å². The number of ether oxygens (including phenoxy) is 1. The molecule has 0 unspecified atom stereocenters. The number of carbonyl (C=O) groups is 1. The van der Waals surface area contributed by atoms with Gasteiger partial charge in [-0.1, -0.05) is 48.2 Å². The molecule has 0 atom stereocenters. The Hall–Kier alpha value is -2.95. The van der Waals surface area contributed by atoms with E-state index < -0.39 is 10.0 Å². The van der Waals surface area contributed by atoms with Crippen LogP contribution in [0, 0.1) is 0 Å². The molecule has 2 aromatic carbocycles. The summed E-state index contributed by atoms with van der Waals surface area (Å²) in [6, 6.07) is 13.9. The summed E-state index contributed by atoms with van der Waals surface area (Å²) in [4.78, 5) is 13.2. The molecule has 30 heavy (non-hydrogen) atoms. The van der Waals surface area contributed by atoms with Crippen LogP contribution in [0.15, 0.2) is 74.9 Å². The van der Waals surface area contributed by atoms with Crippen molar-refractivity contribution in [1.29, 1.82) is 0 Å². The quantitative estimate of drug-likeness (QED) is 0.558. The number of methoxy groups -OCH3 is 1. The number of amidine groups is 1. The maximum absolute atomic E-state index is 12.7. The van der Waals surface area contributed by atoms with Crippen molar-refractivity contribution in [3.05, 3.63) is 76.7 Å². The first-order valence-corrected chi connectivity index (χ1v) is 11.4. The van der Waals surface area contributed by atoms with Crippen LogP contribution in [0.5, 0.6) is 5.75 Å². The largest absolute Gasteiger partial charge is 0.497 e. The van der Waals surface area contributed by atoms with Crippen LogP contribution in [0.1, 0.15) is 11.1 Å². The standard InChI is InChI=1S/C20H15N3O4S3/c1-27-14-11-9-13(10-12-14)5-4-7-16-19(24)23(20(28)29-16)21-18-15-6-2-3-8-17(15)30(25,26)22-18/h2-12H,1H3,(H,21,22)/b5-4+,16-7-. The Morgan fingerprint density at radius 1 is 1.17 bits per heavy atom. The van der Waals surface area contributed by atoms with Gasteiger partial charge in [0.15, 0.2) is 10.2 Å². The summed E-state index contributed by atoms with van der Waals surface area (Å²) in [6.45, 7) is 0. The number of hydrogen-bond acceptors (Lipinski definition) is 7. The molecule has 0 radical (unpaired) electrons. The fourth-order valence-electron chi connectivity index (χ4n) is 2.83. The highest BCUT2D eigenvalue weighted by molar-refractivity contribution is 8.26. The monoisotopic (exact) mass is 457 g/mol. The number of carbonyl (C=O) groups excluding carboxylic acids is 1. The lowest BCUT2D eigenvalue weighted by atomic mass is 10.2. The van der Waals surface area contributed by atoms with Gasteiger partial charge in [0.1, 0.15) is 10.6 Å². The predicted octanol–water partition coefficient (Wildman–Crippen LogP) is 3.11.